The summed E-state index contributed by atoms with van der Waals surface area (Å²) in [4.78, 5) is 11.5. The van der Waals surface area contributed by atoms with Gasteiger partial charge in [-0.25, -0.2) is 4.79 Å². The van der Waals surface area contributed by atoms with E-state index >= 15 is 0 Å². The lowest BCUT2D eigenvalue weighted by molar-refractivity contribution is 0.309. The quantitative estimate of drug-likeness (QED) is 0.645. The third kappa shape index (κ3) is 3.72. The van der Waals surface area contributed by atoms with Crippen LogP contribution in [0.1, 0.15) is 38.2 Å². The van der Waals surface area contributed by atoms with Gasteiger partial charge in [0.2, 0.25) is 0 Å². The topological polar surface area (TPSA) is 54.3 Å². The summed E-state index contributed by atoms with van der Waals surface area (Å²) in [6, 6.07) is 7.66. The van der Waals surface area contributed by atoms with Crippen LogP contribution in [-0.2, 0) is 0 Å². The Morgan fingerprint density at radius 3 is 2.83 bits per heavy atom. The zero-order chi connectivity index (χ0) is 16.4. The molecule has 0 aliphatic heterocycles. The summed E-state index contributed by atoms with van der Waals surface area (Å²) in [6.45, 7) is 4.18. The van der Waals surface area contributed by atoms with E-state index < -0.39 is 0 Å². The van der Waals surface area contributed by atoms with E-state index in [-0.39, 0.29) is 5.63 Å². The van der Waals surface area contributed by atoms with E-state index in [1.165, 1.54) is 25.3 Å². The lowest BCUT2D eigenvalue weighted by Crippen LogP contribution is -2.43. The molecule has 0 unspecified atom stereocenters. The van der Waals surface area contributed by atoms with Crippen molar-refractivity contribution in [3.63, 3.8) is 0 Å². The summed E-state index contributed by atoms with van der Waals surface area (Å²) in [5.74, 6) is 0.640. The highest BCUT2D eigenvalue weighted by atomic mass is 32.1. The summed E-state index contributed by atoms with van der Waals surface area (Å²) in [7, 11) is 0. The Kier molecular flexibility index (Phi) is 4.66. The molecule has 1 heterocycles. The van der Waals surface area contributed by atoms with Crippen molar-refractivity contribution < 1.29 is 4.42 Å². The molecule has 1 aromatic carbocycles. The number of benzene rings is 1. The van der Waals surface area contributed by atoms with Gasteiger partial charge in [-0.15, -0.1) is 0 Å². The Labute approximate surface area is 141 Å². The molecule has 5 heteroatoms. The van der Waals surface area contributed by atoms with Crippen LogP contribution in [0.25, 0.3) is 11.0 Å². The smallest absolute Gasteiger partial charge is 0.336 e. The first-order valence-corrected chi connectivity index (χ1v) is 8.56. The van der Waals surface area contributed by atoms with Crippen LogP contribution in [0.5, 0.6) is 0 Å². The molecule has 23 heavy (non-hydrogen) atoms. The predicted molar refractivity (Wildman–Crippen MR) is 98.0 cm³/mol. The van der Waals surface area contributed by atoms with Gasteiger partial charge in [0.25, 0.3) is 0 Å². The van der Waals surface area contributed by atoms with Gasteiger partial charge in [-0.1, -0.05) is 19.8 Å². The summed E-state index contributed by atoms with van der Waals surface area (Å²) < 4.78 is 5.27. The van der Waals surface area contributed by atoms with E-state index in [0.717, 1.165) is 23.1 Å². The maximum absolute atomic E-state index is 11.5. The van der Waals surface area contributed by atoms with Crippen molar-refractivity contribution in [1.82, 2.24) is 5.32 Å². The highest BCUT2D eigenvalue weighted by Crippen LogP contribution is 2.24. The van der Waals surface area contributed by atoms with Crippen LogP contribution < -0.4 is 16.3 Å². The van der Waals surface area contributed by atoms with Crippen LogP contribution in [0.15, 0.2) is 33.5 Å². The van der Waals surface area contributed by atoms with Crippen LogP contribution in [0.2, 0.25) is 0 Å². The van der Waals surface area contributed by atoms with E-state index in [1.54, 1.807) is 0 Å². The van der Waals surface area contributed by atoms with Crippen molar-refractivity contribution >= 4 is 34.0 Å². The zero-order valence-electron chi connectivity index (χ0n) is 13.5. The monoisotopic (exact) mass is 330 g/mol. The largest absolute Gasteiger partial charge is 0.423 e. The fraction of sp³-hybridized carbons (Fsp3) is 0.444. The lowest BCUT2D eigenvalue weighted by atomic mass is 9.86. The first-order valence-electron chi connectivity index (χ1n) is 8.15. The summed E-state index contributed by atoms with van der Waals surface area (Å²) in [5, 5.41) is 8.18. The fourth-order valence-corrected chi connectivity index (χ4v) is 3.54. The molecule has 1 aliphatic carbocycles. The molecule has 2 N–H and O–H groups in total. The second-order valence-corrected chi connectivity index (χ2v) is 6.83. The van der Waals surface area contributed by atoms with Gasteiger partial charge < -0.3 is 15.1 Å². The van der Waals surface area contributed by atoms with Crippen LogP contribution >= 0.6 is 12.2 Å². The maximum atomic E-state index is 11.5. The molecule has 2 atom stereocenters. The molecule has 1 aliphatic rings. The molecule has 0 saturated heterocycles. The van der Waals surface area contributed by atoms with Crippen molar-refractivity contribution in [1.29, 1.82) is 0 Å². The normalized spacial score (nSPS) is 21.1. The first-order chi connectivity index (χ1) is 11.0. The minimum absolute atomic E-state index is 0.330. The summed E-state index contributed by atoms with van der Waals surface area (Å²) >= 11 is 5.43. The average molecular weight is 330 g/mol. The molecule has 1 fully saturated rings. The van der Waals surface area contributed by atoms with Crippen LogP contribution in [0, 0.1) is 12.8 Å². The van der Waals surface area contributed by atoms with Crippen LogP contribution in [-0.4, -0.2) is 11.2 Å². The molecule has 1 saturated carbocycles. The second-order valence-electron chi connectivity index (χ2n) is 6.43. The van der Waals surface area contributed by atoms with E-state index in [0.29, 0.717) is 22.7 Å². The van der Waals surface area contributed by atoms with Gasteiger partial charge in [-0.05, 0) is 55.6 Å². The molecule has 0 bridgehead atoms. The number of anilines is 1. The predicted octanol–water partition coefficient (Wildman–Crippen LogP) is 3.97. The Morgan fingerprint density at radius 1 is 1.26 bits per heavy atom. The van der Waals surface area contributed by atoms with Crippen molar-refractivity contribution in [3.05, 3.63) is 40.2 Å². The van der Waals surface area contributed by atoms with Gasteiger partial charge >= 0.3 is 5.63 Å². The molecular weight excluding hydrogens is 308 g/mol. The van der Waals surface area contributed by atoms with Gasteiger partial charge in [0.05, 0.1) is 0 Å². The van der Waals surface area contributed by atoms with Gasteiger partial charge in [-0.3, -0.25) is 0 Å². The number of thiocarbonyl (C=S) groups is 1. The molecule has 1 aromatic heterocycles. The van der Waals surface area contributed by atoms with E-state index in [2.05, 4.69) is 17.6 Å². The van der Waals surface area contributed by atoms with Gasteiger partial charge in [0.15, 0.2) is 5.11 Å². The first kappa shape index (κ1) is 16.0. The summed E-state index contributed by atoms with van der Waals surface area (Å²) in [6.07, 6.45) is 4.98. The molecule has 0 radical (unpaired) electrons. The highest BCUT2D eigenvalue weighted by Gasteiger charge is 2.21. The van der Waals surface area contributed by atoms with Crippen molar-refractivity contribution in [3.8, 4) is 0 Å². The van der Waals surface area contributed by atoms with E-state index in [4.69, 9.17) is 16.6 Å². The van der Waals surface area contributed by atoms with Crippen LogP contribution in [0.4, 0.5) is 5.69 Å². The molecule has 0 spiro atoms. The zero-order valence-corrected chi connectivity index (χ0v) is 14.3. The Bertz CT molecular complexity index is 784. The molecule has 2 aromatic rings. The Balaban J connectivity index is 1.73. The van der Waals surface area contributed by atoms with Gasteiger partial charge in [0, 0.05) is 29.2 Å². The Hall–Kier alpha value is -1.88. The Morgan fingerprint density at radius 2 is 2.04 bits per heavy atom. The van der Waals surface area contributed by atoms with E-state index in [9.17, 15) is 4.79 Å². The third-order valence-electron chi connectivity index (χ3n) is 4.64. The number of nitrogens with one attached hydrogen (secondary N) is 2. The minimum Gasteiger partial charge on any atom is -0.423 e. The SMILES string of the molecule is Cc1cc(=O)oc2cc(NC(=S)N[C@H]3CCCC[C@H]3C)ccc12. The van der Waals surface area contributed by atoms with E-state index in [1.807, 2.05) is 25.1 Å². The second kappa shape index (κ2) is 6.71. The summed E-state index contributed by atoms with van der Waals surface area (Å²) in [5.41, 5.74) is 1.99. The number of fused-ring (bicyclic) bond motifs is 1. The van der Waals surface area contributed by atoms with Crippen LogP contribution in [0.3, 0.4) is 0 Å². The number of hydrogen-bond acceptors (Lipinski definition) is 3. The third-order valence-corrected chi connectivity index (χ3v) is 4.86. The highest BCUT2D eigenvalue weighted by molar-refractivity contribution is 7.80. The van der Waals surface area contributed by atoms with Crippen molar-refractivity contribution in [2.45, 2.75) is 45.6 Å². The number of hydrogen-bond donors (Lipinski definition) is 2. The fourth-order valence-electron chi connectivity index (χ4n) is 3.27. The molecule has 3 rings (SSSR count). The lowest BCUT2D eigenvalue weighted by Gasteiger charge is -2.30. The standard InChI is InChI=1S/C18H22N2O2S/c1-11-5-3-4-6-15(11)20-18(23)19-13-7-8-14-12(2)9-17(21)22-16(14)10-13/h7-11,15H,3-6H2,1-2H3,(H2,19,20,23)/t11-,15+/m1/s1. The maximum Gasteiger partial charge on any atom is 0.336 e. The number of aryl methyl sites for hydroxylation is 1. The molecule has 0 amide bonds. The number of rotatable bonds is 2. The molecular formula is C18H22N2O2S. The van der Waals surface area contributed by atoms with Crippen molar-refractivity contribution in [2.75, 3.05) is 5.32 Å². The van der Waals surface area contributed by atoms with Gasteiger partial charge in [0.1, 0.15) is 5.58 Å². The molecule has 4 nitrogen and oxygen atoms in total. The van der Waals surface area contributed by atoms with Gasteiger partial charge in [-0.2, -0.15) is 0 Å². The van der Waals surface area contributed by atoms with Crippen molar-refractivity contribution in [2.24, 2.45) is 5.92 Å². The molecule has 122 valence electrons. The minimum atomic E-state index is -0.330. The average Bonchev–Trinajstić information content (AvgIpc) is 2.49.